The fourth-order valence-corrected chi connectivity index (χ4v) is 4.51. The molecule has 0 aromatic carbocycles. The van der Waals surface area contributed by atoms with Gasteiger partial charge in [0.05, 0.1) is 23.5 Å². The molecule has 1 aliphatic carbocycles. The van der Waals surface area contributed by atoms with Gasteiger partial charge in [0.15, 0.2) is 0 Å². The summed E-state index contributed by atoms with van der Waals surface area (Å²) in [4.78, 5) is 23.3. The van der Waals surface area contributed by atoms with Crippen LogP contribution in [0.3, 0.4) is 0 Å². The Bertz CT molecular complexity index is 626. The number of ether oxygens (including phenoxy) is 3. The van der Waals surface area contributed by atoms with Crippen molar-refractivity contribution in [2.75, 3.05) is 18.9 Å². The molecule has 160 valence electrons. The molecule has 2 N–H and O–H groups in total. The lowest BCUT2D eigenvalue weighted by Gasteiger charge is -2.48. The van der Waals surface area contributed by atoms with Gasteiger partial charge < -0.3 is 19.3 Å². The van der Waals surface area contributed by atoms with Gasteiger partial charge >= 0.3 is 6.09 Å². The number of rotatable bonds is 7. The van der Waals surface area contributed by atoms with Crippen molar-refractivity contribution < 1.29 is 28.9 Å². The summed E-state index contributed by atoms with van der Waals surface area (Å²) in [5.41, 5.74) is -0.709. The average molecular weight is 438 g/mol. The number of alkyl halides is 2. The molecule has 6 atom stereocenters. The van der Waals surface area contributed by atoms with Crippen molar-refractivity contribution in [3.8, 4) is 0 Å². The van der Waals surface area contributed by atoms with Crippen LogP contribution in [0.5, 0.6) is 0 Å². The molecule has 0 spiro atoms. The number of nitrogens with one attached hydrogen (secondary N) is 1. The minimum absolute atomic E-state index is 0.00942. The number of imide groups is 1. The normalized spacial score (nSPS) is 37.1. The number of carbonyl (C=O) groups is 2. The van der Waals surface area contributed by atoms with Gasteiger partial charge in [-0.3, -0.25) is 10.1 Å². The van der Waals surface area contributed by atoms with E-state index in [1.165, 1.54) is 12.7 Å². The molecule has 0 bridgehead atoms. The smallest absolute Gasteiger partial charge is 0.414 e. The van der Waals surface area contributed by atoms with Gasteiger partial charge in [0.1, 0.15) is 23.7 Å². The maximum atomic E-state index is 12.0. The van der Waals surface area contributed by atoms with Crippen molar-refractivity contribution in [2.24, 2.45) is 5.92 Å². The molecular formula is C19H29Cl2NO6. The summed E-state index contributed by atoms with van der Waals surface area (Å²) in [7, 11) is 1.49. The van der Waals surface area contributed by atoms with Crippen molar-refractivity contribution in [3.63, 3.8) is 0 Å². The third-order valence-electron chi connectivity index (χ3n) is 5.60. The predicted octanol–water partition coefficient (Wildman–Crippen LogP) is 2.76. The molecule has 0 aromatic rings. The summed E-state index contributed by atoms with van der Waals surface area (Å²) >= 11 is 11.5. The second-order valence-corrected chi connectivity index (χ2v) is 8.42. The Labute approximate surface area is 175 Å². The summed E-state index contributed by atoms with van der Waals surface area (Å²) < 4.78 is 17.1. The second kappa shape index (κ2) is 9.30. The van der Waals surface area contributed by atoms with Crippen molar-refractivity contribution in [3.05, 3.63) is 11.6 Å². The summed E-state index contributed by atoms with van der Waals surface area (Å²) in [5.74, 6) is -1.49. The van der Waals surface area contributed by atoms with Gasteiger partial charge in [0.2, 0.25) is 5.91 Å². The van der Waals surface area contributed by atoms with E-state index in [2.05, 4.69) is 11.4 Å². The van der Waals surface area contributed by atoms with Gasteiger partial charge in [-0.15, -0.1) is 23.2 Å². The third-order valence-corrected chi connectivity index (χ3v) is 6.30. The Hall–Kier alpha value is -0.860. The summed E-state index contributed by atoms with van der Waals surface area (Å²) in [5, 5.41) is 13.3. The van der Waals surface area contributed by atoms with Crippen LogP contribution < -0.4 is 5.32 Å². The number of allylic oxidation sites excluding steroid dienone is 1. The molecule has 1 saturated heterocycles. The van der Waals surface area contributed by atoms with E-state index in [4.69, 9.17) is 37.4 Å². The lowest BCUT2D eigenvalue weighted by molar-refractivity contribution is -0.170. The van der Waals surface area contributed by atoms with Crippen LogP contribution in [0.4, 0.5) is 4.79 Å². The number of aliphatic hydroxyl groups is 1. The van der Waals surface area contributed by atoms with Gasteiger partial charge in [-0.1, -0.05) is 11.6 Å². The Balaban J connectivity index is 2.20. The topological polar surface area (TPSA) is 97.4 Å². The summed E-state index contributed by atoms with van der Waals surface area (Å²) in [6.07, 6.45) is 1.16. The minimum atomic E-state index is -1.22. The Morgan fingerprint density at radius 2 is 2.04 bits per heavy atom. The SMILES string of the molecule is COC1C(OC(=O)NC(=O)CCl)CCC(O)(CCl)C1C1(C)OC1CC=C(C)C. The van der Waals surface area contributed by atoms with Crippen molar-refractivity contribution in [1.82, 2.24) is 5.32 Å². The van der Waals surface area contributed by atoms with Crippen LogP contribution in [-0.2, 0) is 19.0 Å². The van der Waals surface area contributed by atoms with Crippen molar-refractivity contribution in [1.29, 1.82) is 0 Å². The van der Waals surface area contributed by atoms with Crippen LogP contribution in [0.25, 0.3) is 0 Å². The van der Waals surface area contributed by atoms with Crippen LogP contribution in [-0.4, -0.2) is 65.5 Å². The van der Waals surface area contributed by atoms with Crippen molar-refractivity contribution in [2.45, 2.75) is 69.5 Å². The van der Waals surface area contributed by atoms with Crippen LogP contribution >= 0.6 is 23.2 Å². The molecule has 0 radical (unpaired) electrons. The van der Waals surface area contributed by atoms with Crippen LogP contribution in [0.1, 0.15) is 40.0 Å². The molecule has 2 fully saturated rings. The number of methoxy groups -OCH3 is 1. The van der Waals surface area contributed by atoms with E-state index in [1.807, 2.05) is 20.8 Å². The van der Waals surface area contributed by atoms with Gasteiger partial charge in [-0.2, -0.15) is 0 Å². The highest BCUT2D eigenvalue weighted by molar-refractivity contribution is 6.28. The number of hydrogen-bond donors (Lipinski definition) is 2. The molecule has 1 aliphatic heterocycles. The molecular weight excluding hydrogens is 409 g/mol. The molecule has 9 heteroatoms. The number of hydrogen-bond acceptors (Lipinski definition) is 6. The zero-order valence-corrected chi connectivity index (χ0v) is 18.2. The Morgan fingerprint density at radius 3 is 2.57 bits per heavy atom. The van der Waals surface area contributed by atoms with E-state index in [9.17, 15) is 14.7 Å². The first-order valence-corrected chi connectivity index (χ1v) is 10.4. The zero-order valence-electron chi connectivity index (χ0n) is 16.7. The molecule has 28 heavy (non-hydrogen) atoms. The highest BCUT2D eigenvalue weighted by atomic mass is 35.5. The van der Waals surface area contributed by atoms with Crippen LogP contribution in [0, 0.1) is 5.92 Å². The lowest BCUT2D eigenvalue weighted by Crippen LogP contribution is -2.61. The maximum Gasteiger partial charge on any atom is 0.414 e. The number of epoxide rings is 1. The summed E-state index contributed by atoms with van der Waals surface area (Å²) in [6.45, 7) is 5.94. The molecule has 7 nitrogen and oxygen atoms in total. The third kappa shape index (κ3) is 5.00. The molecule has 2 rings (SSSR count). The van der Waals surface area contributed by atoms with E-state index >= 15 is 0 Å². The molecule has 0 aromatic heterocycles. The lowest BCUT2D eigenvalue weighted by atomic mass is 9.66. The highest BCUT2D eigenvalue weighted by Crippen LogP contribution is 2.54. The van der Waals surface area contributed by atoms with Gasteiger partial charge in [0.25, 0.3) is 0 Å². The molecule has 2 aliphatic rings. The first-order chi connectivity index (χ1) is 13.1. The predicted molar refractivity (Wildman–Crippen MR) is 106 cm³/mol. The summed E-state index contributed by atoms with van der Waals surface area (Å²) in [6, 6.07) is 0. The fourth-order valence-electron chi connectivity index (χ4n) is 4.14. The largest absolute Gasteiger partial charge is 0.443 e. The quantitative estimate of drug-likeness (QED) is 0.361. The number of halogens is 2. The first-order valence-electron chi connectivity index (χ1n) is 9.30. The number of amides is 2. The van der Waals surface area contributed by atoms with E-state index in [-0.39, 0.29) is 17.9 Å². The maximum absolute atomic E-state index is 12.0. The first kappa shape index (κ1) is 23.4. The minimum Gasteiger partial charge on any atom is -0.443 e. The molecule has 6 unspecified atom stereocenters. The number of carbonyl (C=O) groups excluding carboxylic acids is 2. The van der Waals surface area contributed by atoms with Gasteiger partial charge in [-0.25, -0.2) is 4.79 Å². The van der Waals surface area contributed by atoms with E-state index in [1.54, 1.807) is 0 Å². The molecule has 1 saturated carbocycles. The van der Waals surface area contributed by atoms with Gasteiger partial charge in [0, 0.05) is 7.11 Å². The van der Waals surface area contributed by atoms with Crippen molar-refractivity contribution >= 4 is 35.2 Å². The molecule has 2 amide bonds. The average Bonchev–Trinajstić information content (AvgIpc) is 3.31. The van der Waals surface area contributed by atoms with Crippen LogP contribution in [0.2, 0.25) is 0 Å². The Morgan fingerprint density at radius 1 is 1.36 bits per heavy atom. The van der Waals surface area contributed by atoms with E-state index in [0.717, 1.165) is 0 Å². The second-order valence-electron chi connectivity index (χ2n) is 7.89. The standard InChI is InChI=1S/C19H29Cl2NO6/c1-11(2)5-6-13-18(3,28-13)16-15(26-4)12(7-8-19(16,25)10-21)27-17(24)22-14(23)9-20/h5,12-13,15-16,25H,6-10H2,1-4H3,(H,22,23,24). The zero-order chi connectivity index (χ0) is 21.1. The van der Waals surface area contributed by atoms with E-state index in [0.29, 0.717) is 19.3 Å². The van der Waals surface area contributed by atoms with E-state index < -0.39 is 41.3 Å². The Kier molecular flexibility index (Phi) is 7.78. The number of alkyl carbamates (subject to hydrolysis) is 1. The monoisotopic (exact) mass is 437 g/mol. The van der Waals surface area contributed by atoms with Crippen LogP contribution in [0.15, 0.2) is 11.6 Å². The molecule has 1 heterocycles. The fraction of sp³-hybridized carbons (Fsp3) is 0.789. The highest BCUT2D eigenvalue weighted by Gasteiger charge is 2.67. The van der Waals surface area contributed by atoms with Gasteiger partial charge in [-0.05, 0) is 40.0 Å².